The fraction of sp³-hybridized carbons (Fsp3) is 0.310. The van der Waals surface area contributed by atoms with Crippen LogP contribution < -0.4 is 10.6 Å². The fourth-order valence-corrected chi connectivity index (χ4v) is 5.90. The second-order valence-electron chi connectivity index (χ2n) is 10.9. The molecule has 40 heavy (non-hydrogen) atoms. The van der Waals surface area contributed by atoms with Crippen LogP contribution in [0.15, 0.2) is 53.5 Å². The Morgan fingerprint density at radius 1 is 1.02 bits per heavy atom. The highest BCUT2D eigenvalue weighted by Gasteiger charge is 2.64. The Morgan fingerprint density at radius 2 is 1.77 bits per heavy atom. The Labute approximate surface area is 239 Å². The minimum Gasteiger partial charge on any atom is -0.311 e. The minimum absolute atomic E-state index is 0.0332. The molecule has 0 radical (unpaired) electrons. The van der Waals surface area contributed by atoms with Crippen LogP contribution in [-0.2, 0) is 4.79 Å². The number of hydrogen-bond acceptors (Lipinski definition) is 6. The van der Waals surface area contributed by atoms with E-state index in [1.807, 2.05) is 44.3 Å². The van der Waals surface area contributed by atoms with Gasteiger partial charge in [-0.25, -0.2) is 19.7 Å². The lowest BCUT2D eigenvalue weighted by Crippen LogP contribution is -2.47. The molecule has 0 aromatic carbocycles. The molecule has 1 saturated heterocycles. The first-order valence-electron chi connectivity index (χ1n) is 13.0. The number of halogens is 1. The fourth-order valence-electron chi connectivity index (χ4n) is 5.59. The van der Waals surface area contributed by atoms with Crippen LogP contribution in [0.25, 0.3) is 16.6 Å². The van der Waals surface area contributed by atoms with Crippen molar-refractivity contribution >= 4 is 50.7 Å². The molecule has 5 heterocycles. The monoisotopic (exact) mass is 601 g/mol. The number of anilines is 2. The number of carbonyl (C=O) groups excluding carboxylic acids is 3. The SMILES string of the molecule is CC(=O)c1cc(NC(=O)N2[C@H](C(=O)Nc3nc(Br)ccc3C)C[C@@]3(C)C[C@@H]23)c2ccc(-c3cnc(C)nc3)cn12. The van der Waals surface area contributed by atoms with Crippen LogP contribution in [0.5, 0.6) is 0 Å². The highest BCUT2D eigenvalue weighted by atomic mass is 79.9. The van der Waals surface area contributed by atoms with E-state index in [1.54, 1.807) is 27.8 Å². The van der Waals surface area contributed by atoms with Gasteiger partial charge in [0.2, 0.25) is 5.91 Å². The maximum absolute atomic E-state index is 13.7. The van der Waals surface area contributed by atoms with Gasteiger partial charge in [-0.2, -0.15) is 0 Å². The van der Waals surface area contributed by atoms with Crippen molar-refractivity contribution in [2.24, 2.45) is 5.41 Å². The Bertz CT molecular complexity index is 1700. The highest BCUT2D eigenvalue weighted by molar-refractivity contribution is 9.10. The van der Waals surface area contributed by atoms with Gasteiger partial charge in [-0.1, -0.05) is 19.1 Å². The number of Topliss-reactive ketones (excluding diaryl/α,β-unsaturated/α-hetero) is 1. The van der Waals surface area contributed by atoms with Crippen molar-refractivity contribution in [1.29, 1.82) is 0 Å². The van der Waals surface area contributed by atoms with E-state index < -0.39 is 6.04 Å². The predicted octanol–water partition coefficient (Wildman–Crippen LogP) is 5.40. The lowest BCUT2D eigenvalue weighted by molar-refractivity contribution is -0.120. The van der Waals surface area contributed by atoms with Crippen molar-refractivity contribution in [3.63, 3.8) is 0 Å². The van der Waals surface area contributed by atoms with Gasteiger partial charge in [-0.05, 0) is 71.8 Å². The van der Waals surface area contributed by atoms with Crippen LogP contribution in [0, 0.1) is 19.3 Å². The number of rotatable bonds is 5. The van der Waals surface area contributed by atoms with E-state index in [9.17, 15) is 14.4 Å². The van der Waals surface area contributed by atoms with E-state index in [-0.39, 0.29) is 29.2 Å². The average Bonchev–Trinajstić information content (AvgIpc) is 3.28. The summed E-state index contributed by atoms with van der Waals surface area (Å²) in [5.41, 5.74) is 3.99. The van der Waals surface area contributed by atoms with Crippen LogP contribution in [0.4, 0.5) is 16.3 Å². The molecule has 3 amide bonds. The molecule has 1 aliphatic heterocycles. The summed E-state index contributed by atoms with van der Waals surface area (Å²) in [7, 11) is 0. The van der Waals surface area contributed by atoms with Crippen molar-refractivity contribution in [2.75, 3.05) is 10.6 Å². The lowest BCUT2D eigenvalue weighted by atomic mass is 10.0. The number of aromatic nitrogens is 4. The lowest BCUT2D eigenvalue weighted by Gasteiger charge is -2.27. The summed E-state index contributed by atoms with van der Waals surface area (Å²) in [5, 5.41) is 5.91. The molecular weight excluding hydrogens is 574 g/mol. The van der Waals surface area contributed by atoms with Crippen molar-refractivity contribution in [3.8, 4) is 11.1 Å². The van der Waals surface area contributed by atoms with Crippen molar-refractivity contribution in [3.05, 3.63) is 70.6 Å². The molecule has 11 heteroatoms. The predicted molar refractivity (Wildman–Crippen MR) is 154 cm³/mol. The van der Waals surface area contributed by atoms with Gasteiger partial charge in [0.25, 0.3) is 0 Å². The Morgan fingerprint density at radius 3 is 2.50 bits per heavy atom. The zero-order valence-corrected chi connectivity index (χ0v) is 24.1. The normalized spacial score (nSPS) is 21.3. The zero-order valence-electron chi connectivity index (χ0n) is 22.5. The molecule has 0 unspecified atom stereocenters. The number of hydrogen-bond donors (Lipinski definition) is 2. The van der Waals surface area contributed by atoms with Crippen molar-refractivity contribution in [1.82, 2.24) is 24.3 Å². The zero-order chi connectivity index (χ0) is 28.3. The van der Waals surface area contributed by atoms with E-state index in [4.69, 9.17) is 0 Å². The number of pyridine rings is 2. The number of carbonyl (C=O) groups is 3. The number of nitrogens with one attached hydrogen (secondary N) is 2. The molecule has 0 spiro atoms. The number of amides is 3. The maximum Gasteiger partial charge on any atom is 0.322 e. The number of fused-ring (bicyclic) bond motifs is 2. The van der Waals surface area contributed by atoms with Crippen LogP contribution in [0.2, 0.25) is 0 Å². The molecule has 10 nitrogen and oxygen atoms in total. The first kappa shape index (κ1) is 26.1. The third-order valence-electron chi connectivity index (χ3n) is 7.96. The van der Waals surface area contributed by atoms with Crippen molar-refractivity contribution < 1.29 is 14.4 Å². The number of piperidine rings is 1. The standard InChI is InChI=1S/C29H28BrN7O3/c1-15-5-8-25(30)34-26(15)35-27(39)23-10-29(4)11-24(29)37(23)28(40)33-20-9-22(16(2)38)36-14-18(6-7-21(20)36)19-12-31-17(3)32-13-19/h5-9,12-14,23-24H,10-11H2,1-4H3,(H,33,40)(H,34,35,39)/t23-,24+,29-/m0/s1. The smallest absolute Gasteiger partial charge is 0.311 e. The molecule has 3 atom stereocenters. The number of aryl methyl sites for hydroxylation is 2. The first-order valence-corrected chi connectivity index (χ1v) is 13.8. The Hall–Kier alpha value is -4.12. The van der Waals surface area contributed by atoms with E-state index in [2.05, 4.69) is 48.4 Å². The van der Waals surface area contributed by atoms with Crippen LogP contribution in [0.3, 0.4) is 0 Å². The summed E-state index contributed by atoms with van der Waals surface area (Å²) in [6.07, 6.45) is 6.73. The molecule has 4 aromatic rings. The summed E-state index contributed by atoms with van der Waals surface area (Å²) >= 11 is 3.35. The van der Waals surface area contributed by atoms with Gasteiger partial charge in [-0.3, -0.25) is 9.59 Å². The van der Waals surface area contributed by atoms with Crippen LogP contribution >= 0.6 is 15.9 Å². The van der Waals surface area contributed by atoms with Crippen molar-refractivity contribution in [2.45, 2.75) is 52.6 Å². The molecule has 1 aliphatic carbocycles. The average molecular weight is 602 g/mol. The first-order chi connectivity index (χ1) is 19.0. The summed E-state index contributed by atoms with van der Waals surface area (Å²) in [5.74, 6) is 0.722. The van der Waals surface area contributed by atoms with Gasteiger partial charge in [0.1, 0.15) is 22.3 Å². The molecule has 2 aliphatic rings. The van der Waals surface area contributed by atoms with Crippen LogP contribution in [-0.4, -0.2) is 54.1 Å². The topological polar surface area (TPSA) is 122 Å². The molecule has 1 saturated carbocycles. The Kier molecular flexibility index (Phi) is 6.21. The van der Waals surface area contributed by atoms with Gasteiger partial charge < -0.3 is 19.9 Å². The van der Waals surface area contributed by atoms with E-state index in [0.29, 0.717) is 39.6 Å². The van der Waals surface area contributed by atoms with Gasteiger partial charge >= 0.3 is 6.03 Å². The Balaban J connectivity index is 1.29. The summed E-state index contributed by atoms with van der Waals surface area (Å²) in [6.45, 7) is 7.28. The number of urea groups is 1. The molecule has 204 valence electrons. The van der Waals surface area contributed by atoms with Gasteiger partial charge in [0.05, 0.1) is 16.9 Å². The number of nitrogens with zero attached hydrogens (tertiary/aromatic N) is 5. The number of ketones is 1. The van der Waals surface area contributed by atoms with E-state index >= 15 is 0 Å². The molecule has 2 N–H and O–H groups in total. The van der Waals surface area contributed by atoms with E-state index in [1.165, 1.54) is 6.92 Å². The quantitative estimate of drug-likeness (QED) is 0.233. The number of likely N-dealkylation sites (tertiary alicyclic amines) is 1. The second-order valence-corrected chi connectivity index (χ2v) is 11.7. The van der Waals surface area contributed by atoms with Crippen LogP contribution in [0.1, 0.15) is 48.6 Å². The molecular formula is C29H28BrN7O3. The highest BCUT2D eigenvalue weighted by Crippen LogP contribution is 2.59. The summed E-state index contributed by atoms with van der Waals surface area (Å²) in [4.78, 5) is 54.2. The third kappa shape index (κ3) is 4.53. The summed E-state index contributed by atoms with van der Waals surface area (Å²) < 4.78 is 2.38. The molecule has 4 aromatic heterocycles. The van der Waals surface area contributed by atoms with Gasteiger partial charge in [0.15, 0.2) is 5.78 Å². The largest absolute Gasteiger partial charge is 0.322 e. The third-order valence-corrected chi connectivity index (χ3v) is 8.40. The summed E-state index contributed by atoms with van der Waals surface area (Å²) in [6, 6.07) is 8.07. The minimum atomic E-state index is -0.641. The molecule has 2 fully saturated rings. The maximum atomic E-state index is 13.7. The molecule has 0 bridgehead atoms. The second kappa shape index (κ2) is 9.51. The van der Waals surface area contributed by atoms with E-state index in [0.717, 1.165) is 23.1 Å². The van der Waals surface area contributed by atoms with Gasteiger partial charge in [-0.15, -0.1) is 0 Å². The molecule has 6 rings (SSSR count). The van der Waals surface area contributed by atoms with Gasteiger partial charge in [0, 0.05) is 42.7 Å².